The van der Waals surface area contributed by atoms with Gasteiger partial charge in [-0.2, -0.15) is 0 Å². The SMILES string of the molecule is CC(C)(C)COCCCS(=O)(=O)NC(c1ccccc1)c1cccc(OCC2CCC2)c1. The lowest BCUT2D eigenvalue weighted by molar-refractivity contribution is 0.0720. The summed E-state index contributed by atoms with van der Waals surface area (Å²) in [6, 6.07) is 17.0. The Morgan fingerprint density at radius 1 is 1.03 bits per heavy atom. The van der Waals surface area contributed by atoms with Gasteiger partial charge in [0.15, 0.2) is 0 Å². The van der Waals surface area contributed by atoms with Crippen molar-refractivity contribution in [3.63, 3.8) is 0 Å². The molecule has 32 heavy (non-hydrogen) atoms. The van der Waals surface area contributed by atoms with Crippen molar-refractivity contribution < 1.29 is 17.9 Å². The lowest BCUT2D eigenvalue weighted by atomic mass is 9.86. The van der Waals surface area contributed by atoms with Crippen LogP contribution in [0, 0.1) is 11.3 Å². The number of benzene rings is 2. The Bertz CT molecular complexity index is 934. The Labute approximate surface area is 193 Å². The summed E-state index contributed by atoms with van der Waals surface area (Å²) in [5.41, 5.74) is 1.84. The minimum atomic E-state index is -3.50. The number of sulfonamides is 1. The van der Waals surface area contributed by atoms with E-state index >= 15 is 0 Å². The molecule has 1 aliphatic rings. The maximum absolute atomic E-state index is 12.9. The molecule has 1 atom stereocenters. The Balaban J connectivity index is 1.67. The summed E-state index contributed by atoms with van der Waals surface area (Å²) in [6.45, 7) is 8.05. The van der Waals surface area contributed by atoms with Crippen molar-refractivity contribution in [3.05, 3.63) is 65.7 Å². The number of hydrogen-bond donors (Lipinski definition) is 1. The predicted molar refractivity (Wildman–Crippen MR) is 129 cm³/mol. The molecule has 1 aliphatic carbocycles. The fourth-order valence-corrected chi connectivity index (χ4v) is 4.85. The topological polar surface area (TPSA) is 64.6 Å². The van der Waals surface area contributed by atoms with Gasteiger partial charge in [0.05, 0.1) is 25.0 Å². The summed E-state index contributed by atoms with van der Waals surface area (Å²) in [6.07, 6.45) is 4.20. The molecular formula is C26H37NO4S. The van der Waals surface area contributed by atoms with Gasteiger partial charge >= 0.3 is 0 Å². The second-order valence-corrected chi connectivity index (χ2v) is 11.8. The molecule has 0 spiro atoms. The first kappa shape index (κ1) is 24.7. The average Bonchev–Trinajstić information content (AvgIpc) is 2.71. The smallest absolute Gasteiger partial charge is 0.212 e. The van der Waals surface area contributed by atoms with Crippen LogP contribution in [0.4, 0.5) is 0 Å². The quantitative estimate of drug-likeness (QED) is 0.436. The zero-order valence-electron chi connectivity index (χ0n) is 19.5. The second kappa shape index (κ2) is 11.3. The molecule has 0 saturated heterocycles. The van der Waals surface area contributed by atoms with E-state index in [0.29, 0.717) is 25.6 Å². The van der Waals surface area contributed by atoms with E-state index in [4.69, 9.17) is 9.47 Å². The van der Waals surface area contributed by atoms with Gasteiger partial charge in [0.25, 0.3) is 0 Å². The van der Waals surface area contributed by atoms with Crippen molar-refractivity contribution in [1.29, 1.82) is 0 Å². The Morgan fingerprint density at radius 3 is 2.41 bits per heavy atom. The Kier molecular flexibility index (Phi) is 8.74. The van der Waals surface area contributed by atoms with E-state index in [1.807, 2.05) is 54.6 Å². The van der Waals surface area contributed by atoms with Crippen LogP contribution in [-0.4, -0.2) is 34.0 Å². The van der Waals surface area contributed by atoms with Crippen LogP contribution in [0.3, 0.4) is 0 Å². The monoisotopic (exact) mass is 459 g/mol. The van der Waals surface area contributed by atoms with Gasteiger partial charge in [0, 0.05) is 6.61 Å². The molecule has 0 bridgehead atoms. The lowest BCUT2D eigenvalue weighted by Crippen LogP contribution is -2.32. The zero-order chi connectivity index (χ0) is 23.0. The van der Waals surface area contributed by atoms with Crippen LogP contribution >= 0.6 is 0 Å². The maximum atomic E-state index is 12.9. The molecule has 6 heteroatoms. The highest BCUT2D eigenvalue weighted by Crippen LogP contribution is 2.29. The molecule has 2 aromatic carbocycles. The van der Waals surface area contributed by atoms with E-state index in [-0.39, 0.29) is 11.2 Å². The van der Waals surface area contributed by atoms with Crippen molar-refractivity contribution in [1.82, 2.24) is 4.72 Å². The lowest BCUT2D eigenvalue weighted by Gasteiger charge is -2.25. The normalized spacial score (nSPS) is 15.8. The second-order valence-electron chi connectivity index (χ2n) is 9.93. The first-order valence-electron chi connectivity index (χ1n) is 11.6. The van der Waals surface area contributed by atoms with Crippen molar-refractivity contribution >= 4 is 10.0 Å². The molecule has 0 heterocycles. The summed E-state index contributed by atoms with van der Waals surface area (Å²) in [5.74, 6) is 1.45. The van der Waals surface area contributed by atoms with Gasteiger partial charge in [-0.3, -0.25) is 0 Å². The summed E-state index contributed by atoms with van der Waals surface area (Å²) >= 11 is 0. The largest absolute Gasteiger partial charge is 0.493 e. The summed E-state index contributed by atoms with van der Waals surface area (Å²) in [7, 11) is -3.50. The molecule has 5 nitrogen and oxygen atoms in total. The summed E-state index contributed by atoms with van der Waals surface area (Å²) in [4.78, 5) is 0. The first-order valence-corrected chi connectivity index (χ1v) is 13.2. The molecule has 0 aliphatic heterocycles. The number of hydrogen-bond acceptors (Lipinski definition) is 4. The maximum Gasteiger partial charge on any atom is 0.212 e. The van der Waals surface area contributed by atoms with E-state index in [0.717, 1.165) is 23.5 Å². The number of rotatable bonds is 12. The van der Waals surface area contributed by atoms with Gasteiger partial charge < -0.3 is 9.47 Å². The third-order valence-corrected chi connectivity index (χ3v) is 6.99. The summed E-state index contributed by atoms with van der Waals surface area (Å²) < 4.78 is 40.3. The Hall–Kier alpha value is -1.89. The van der Waals surface area contributed by atoms with Crippen molar-refractivity contribution in [2.45, 2.75) is 52.5 Å². The molecule has 1 saturated carbocycles. The van der Waals surface area contributed by atoms with Gasteiger partial charge in [-0.25, -0.2) is 13.1 Å². The molecular weight excluding hydrogens is 422 g/mol. The minimum Gasteiger partial charge on any atom is -0.493 e. The fraction of sp³-hybridized carbons (Fsp3) is 0.538. The van der Waals surface area contributed by atoms with E-state index in [1.54, 1.807) is 0 Å². The van der Waals surface area contributed by atoms with Crippen LogP contribution in [0.5, 0.6) is 5.75 Å². The molecule has 0 radical (unpaired) electrons. The van der Waals surface area contributed by atoms with Crippen LogP contribution in [0.25, 0.3) is 0 Å². The highest BCUT2D eigenvalue weighted by atomic mass is 32.2. The minimum absolute atomic E-state index is 0.0261. The molecule has 0 amide bonds. The van der Waals surface area contributed by atoms with E-state index < -0.39 is 16.1 Å². The van der Waals surface area contributed by atoms with Crippen LogP contribution in [0.2, 0.25) is 0 Å². The third-order valence-electron chi connectivity index (χ3n) is 5.57. The van der Waals surface area contributed by atoms with E-state index in [9.17, 15) is 8.42 Å². The van der Waals surface area contributed by atoms with Crippen molar-refractivity contribution in [3.8, 4) is 5.75 Å². The van der Waals surface area contributed by atoms with Gasteiger partial charge in [-0.05, 0) is 53.9 Å². The summed E-state index contributed by atoms with van der Waals surface area (Å²) in [5, 5.41) is 0. The first-order chi connectivity index (χ1) is 15.2. The van der Waals surface area contributed by atoms with Crippen LogP contribution in [0.15, 0.2) is 54.6 Å². The van der Waals surface area contributed by atoms with Gasteiger partial charge in [0.2, 0.25) is 10.0 Å². The molecule has 1 fully saturated rings. The Morgan fingerprint density at radius 2 is 1.75 bits per heavy atom. The molecule has 176 valence electrons. The van der Waals surface area contributed by atoms with Crippen molar-refractivity contribution in [2.75, 3.05) is 25.6 Å². The van der Waals surface area contributed by atoms with Gasteiger partial charge in [0.1, 0.15) is 5.75 Å². The average molecular weight is 460 g/mol. The third kappa shape index (κ3) is 8.23. The van der Waals surface area contributed by atoms with Gasteiger partial charge in [-0.15, -0.1) is 0 Å². The molecule has 3 rings (SSSR count). The fourth-order valence-electron chi connectivity index (χ4n) is 3.60. The van der Waals surface area contributed by atoms with E-state index in [1.165, 1.54) is 19.3 Å². The number of nitrogens with one attached hydrogen (secondary N) is 1. The predicted octanol–water partition coefficient (Wildman–Crippen LogP) is 5.33. The molecule has 1 unspecified atom stereocenters. The van der Waals surface area contributed by atoms with E-state index in [2.05, 4.69) is 25.5 Å². The standard InChI is InChI=1S/C26H37NO4S/c1-26(2,3)20-30-16-9-17-32(28,29)27-25(22-12-5-4-6-13-22)23-14-8-15-24(18-23)31-19-21-10-7-11-21/h4-6,8,12-15,18,21,25,27H,7,9-11,16-17,19-20H2,1-3H3. The van der Waals surface area contributed by atoms with Crippen LogP contribution < -0.4 is 9.46 Å². The highest BCUT2D eigenvalue weighted by Gasteiger charge is 2.22. The number of ether oxygens (including phenoxy) is 2. The van der Waals surface area contributed by atoms with Crippen LogP contribution in [-0.2, 0) is 14.8 Å². The molecule has 1 N–H and O–H groups in total. The zero-order valence-corrected chi connectivity index (χ0v) is 20.4. The molecule has 0 aromatic heterocycles. The van der Waals surface area contributed by atoms with Crippen molar-refractivity contribution in [2.24, 2.45) is 11.3 Å². The van der Waals surface area contributed by atoms with Gasteiger partial charge in [-0.1, -0.05) is 69.7 Å². The molecule has 2 aromatic rings. The highest BCUT2D eigenvalue weighted by molar-refractivity contribution is 7.89. The van der Waals surface area contributed by atoms with Crippen LogP contribution in [0.1, 0.15) is 63.6 Å².